The van der Waals surface area contributed by atoms with Crippen LogP contribution in [0.3, 0.4) is 0 Å². The molecular formula is C9H16N2O4. The van der Waals surface area contributed by atoms with Crippen molar-refractivity contribution < 1.29 is 19.1 Å². The molecule has 0 radical (unpaired) electrons. The van der Waals surface area contributed by atoms with Gasteiger partial charge in [0.05, 0.1) is 6.42 Å². The topological polar surface area (TPSA) is 84.5 Å². The van der Waals surface area contributed by atoms with Gasteiger partial charge in [-0.25, -0.2) is 10.2 Å². The van der Waals surface area contributed by atoms with E-state index in [1.165, 1.54) is 6.92 Å². The van der Waals surface area contributed by atoms with Gasteiger partial charge in [-0.3, -0.25) is 15.0 Å². The summed E-state index contributed by atoms with van der Waals surface area (Å²) in [6.07, 6.45) is -1.03. The molecule has 0 atom stereocenters. The number of carbonyl (C=O) groups excluding carboxylic acids is 3. The van der Waals surface area contributed by atoms with Gasteiger partial charge in [-0.1, -0.05) is 0 Å². The van der Waals surface area contributed by atoms with Gasteiger partial charge in [0.15, 0.2) is 0 Å². The van der Waals surface area contributed by atoms with E-state index >= 15 is 0 Å². The van der Waals surface area contributed by atoms with Crippen molar-refractivity contribution in [2.24, 2.45) is 0 Å². The second-order valence-electron chi connectivity index (χ2n) is 4.05. The lowest BCUT2D eigenvalue weighted by molar-refractivity contribution is -0.127. The van der Waals surface area contributed by atoms with E-state index in [2.05, 4.69) is 5.43 Å². The van der Waals surface area contributed by atoms with Gasteiger partial charge in [0.2, 0.25) is 5.91 Å². The van der Waals surface area contributed by atoms with Crippen molar-refractivity contribution in [3.8, 4) is 0 Å². The molecule has 0 aromatic carbocycles. The van der Waals surface area contributed by atoms with Crippen LogP contribution >= 0.6 is 0 Å². The van der Waals surface area contributed by atoms with Crippen LogP contribution in [0.4, 0.5) is 4.79 Å². The maximum absolute atomic E-state index is 11.0. The molecule has 0 fully saturated rings. The Morgan fingerprint density at radius 1 is 1.13 bits per heavy atom. The molecule has 0 aliphatic heterocycles. The normalized spacial score (nSPS) is 10.4. The van der Waals surface area contributed by atoms with Crippen molar-refractivity contribution in [3.63, 3.8) is 0 Å². The average Bonchev–Trinajstić information content (AvgIpc) is 1.96. The number of rotatable bonds is 2. The van der Waals surface area contributed by atoms with E-state index in [0.29, 0.717) is 0 Å². The number of hydrogen-bond acceptors (Lipinski definition) is 4. The van der Waals surface area contributed by atoms with Crippen molar-refractivity contribution in [1.29, 1.82) is 0 Å². The fourth-order valence-electron chi connectivity index (χ4n) is 0.695. The lowest BCUT2D eigenvalue weighted by atomic mass is 10.2. The zero-order valence-corrected chi connectivity index (χ0v) is 9.34. The molecule has 2 amide bonds. The summed E-state index contributed by atoms with van der Waals surface area (Å²) in [5, 5.41) is 0. The molecule has 86 valence electrons. The van der Waals surface area contributed by atoms with Crippen LogP contribution in [0.2, 0.25) is 0 Å². The maximum atomic E-state index is 11.0. The predicted octanol–water partition coefficient (Wildman–Crippen LogP) is 0.521. The molecule has 0 spiro atoms. The van der Waals surface area contributed by atoms with Crippen LogP contribution in [-0.4, -0.2) is 23.4 Å². The minimum absolute atomic E-state index is 0.268. The molecule has 0 aromatic heterocycles. The summed E-state index contributed by atoms with van der Waals surface area (Å²) in [5.74, 6) is -0.855. The zero-order valence-electron chi connectivity index (χ0n) is 9.34. The Hall–Kier alpha value is -1.59. The van der Waals surface area contributed by atoms with Gasteiger partial charge in [0, 0.05) is 0 Å². The minimum Gasteiger partial charge on any atom is -0.443 e. The van der Waals surface area contributed by atoms with E-state index < -0.39 is 17.6 Å². The molecule has 0 saturated heterocycles. The van der Waals surface area contributed by atoms with Crippen molar-refractivity contribution >= 4 is 17.8 Å². The van der Waals surface area contributed by atoms with E-state index in [-0.39, 0.29) is 12.2 Å². The third-order valence-electron chi connectivity index (χ3n) is 1.11. The van der Waals surface area contributed by atoms with Crippen LogP contribution in [-0.2, 0) is 14.3 Å². The first-order chi connectivity index (χ1) is 6.70. The van der Waals surface area contributed by atoms with Crippen LogP contribution < -0.4 is 10.9 Å². The summed E-state index contributed by atoms with van der Waals surface area (Å²) in [5.41, 5.74) is 3.45. The molecule has 0 saturated carbocycles. The third kappa shape index (κ3) is 8.73. The first-order valence-electron chi connectivity index (χ1n) is 4.48. The van der Waals surface area contributed by atoms with E-state index in [9.17, 15) is 14.4 Å². The summed E-state index contributed by atoms with van der Waals surface area (Å²) >= 11 is 0. The Kier molecular flexibility index (Phi) is 4.77. The van der Waals surface area contributed by atoms with Crippen molar-refractivity contribution in [3.05, 3.63) is 0 Å². The number of amides is 2. The molecule has 0 aliphatic rings. The van der Waals surface area contributed by atoms with Gasteiger partial charge < -0.3 is 4.74 Å². The molecule has 0 aromatic rings. The summed E-state index contributed by atoms with van der Waals surface area (Å²) in [4.78, 5) is 32.5. The predicted molar refractivity (Wildman–Crippen MR) is 52.8 cm³/mol. The fraction of sp³-hybridized carbons (Fsp3) is 0.667. The van der Waals surface area contributed by atoms with E-state index in [4.69, 9.17) is 4.74 Å². The third-order valence-corrected chi connectivity index (χ3v) is 1.11. The standard InChI is InChI=1S/C9H16N2O4/c1-6(12)5-7(13)10-11-8(14)15-9(2,3)4/h5H2,1-4H3,(H,10,13)(H,11,14). The lowest BCUT2D eigenvalue weighted by Gasteiger charge is -2.19. The van der Waals surface area contributed by atoms with Crippen molar-refractivity contribution in [2.75, 3.05) is 0 Å². The molecular weight excluding hydrogens is 200 g/mol. The molecule has 15 heavy (non-hydrogen) atoms. The van der Waals surface area contributed by atoms with E-state index in [1.54, 1.807) is 20.8 Å². The number of ketones is 1. The van der Waals surface area contributed by atoms with E-state index in [0.717, 1.165) is 0 Å². The fourth-order valence-corrected chi connectivity index (χ4v) is 0.695. The summed E-state index contributed by atoms with van der Waals surface area (Å²) < 4.78 is 4.84. The van der Waals surface area contributed by atoms with Gasteiger partial charge in [0.1, 0.15) is 11.4 Å². The second kappa shape index (κ2) is 5.33. The first kappa shape index (κ1) is 13.4. The van der Waals surface area contributed by atoms with Gasteiger partial charge >= 0.3 is 6.09 Å². The molecule has 0 bridgehead atoms. The number of hydrazine groups is 1. The molecule has 2 N–H and O–H groups in total. The highest BCUT2D eigenvalue weighted by Crippen LogP contribution is 2.05. The quantitative estimate of drug-likeness (QED) is 0.520. The van der Waals surface area contributed by atoms with Gasteiger partial charge in [-0.15, -0.1) is 0 Å². The zero-order chi connectivity index (χ0) is 12.1. The number of carbonyl (C=O) groups is 3. The largest absolute Gasteiger partial charge is 0.443 e. The Morgan fingerprint density at radius 2 is 1.67 bits per heavy atom. The number of Topliss-reactive ketones (excluding diaryl/α,β-unsaturated/α-hetero) is 1. The monoisotopic (exact) mass is 216 g/mol. The molecule has 6 nitrogen and oxygen atoms in total. The summed E-state index contributed by atoms with van der Waals surface area (Å²) in [7, 11) is 0. The number of ether oxygens (including phenoxy) is 1. The minimum atomic E-state index is -0.764. The van der Waals surface area contributed by atoms with Crippen LogP contribution in [0.5, 0.6) is 0 Å². The SMILES string of the molecule is CC(=O)CC(=O)NNC(=O)OC(C)(C)C. The molecule has 0 unspecified atom stereocenters. The molecule has 0 aliphatic carbocycles. The van der Waals surface area contributed by atoms with Crippen LogP contribution in [0.25, 0.3) is 0 Å². The average molecular weight is 216 g/mol. The number of hydrogen-bond donors (Lipinski definition) is 2. The van der Waals surface area contributed by atoms with Gasteiger partial charge in [0.25, 0.3) is 0 Å². The highest BCUT2D eigenvalue weighted by Gasteiger charge is 2.16. The highest BCUT2D eigenvalue weighted by atomic mass is 16.6. The molecule has 6 heteroatoms. The number of nitrogens with one attached hydrogen (secondary N) is 2. The highest BCUT2D eigenvalue weighted by molar-refractivity contribution is 5.97. The summed E-state index contributed by atoms with van der Waals surface area (Å²) in [6, 6.07) is 0. The van der Waals surface area contributed by atoms with Gasteiger partial charge in [-0.05, 0) is 27.7 Å². The lowest BCUT2D eigenvalue weighted by Crippen LogP contribution is -2.44. The van der Waals surface area contributed by atoms with Crippen LogP contribution in [0.15, 0.2) is 0 Å². The van der Waals surface area contributed by atoms with Crippen molar-refractivity contribution in [1.82, 2.24) is 10.9 Å². The summed E-state index contributed by atoms with van der Waals surface area (Å²) in [6.45, 7) is 6.38. The van der Waals surface area contributed by atoms with Gasteiger partial charge in [-0.2, -0.15) is 0 Å². The first-order valence-corrected chi connectivity index (χ1v) is 4.48. The maximum Gasteiger partial charge on any atom is 0.426 e. The molecule has 0 rings (SSSR count). The second-order valence-corrected chi connectivity index (χ2v) is 4.05. The Bertz CT molecular complexity index is 268. The molecule has 0 heterocycles. The Morgan fingerprint density at radius 3 is 2.07 bits per heavy atom. The smallest absolute Gasteiger partial charge is 0.426 e. The Labute approximate surface area is 88.3 Å². The van der Waals surface area contributed by atoms with Crippen LogP contribution in [0.1, 0.15) is 34.1 Å². The van der Waals surface area contributed by atoms with E-state index in [1.807, 2.05) is 5.43 Å². The van der Waals surface area contributed by atoms with Crippen LogP contribution in [0, 0.1) is 0 Å². The Balaban J connectivity index is 3.82. The van der Waals surface area contributed by atoms with Crippen molar-refractivity contribution in [2.45, 2.75) is 39.7 Å².